The van der Waals surface area contributed by atoms with Crippen LogP contribution in [0.15, 0.2) is 30.3 Å². The Labute approximate surface area is 107 Å². The summed E-state index contributed by atoms with van der Waals surface area (Å²) in [6, 6.07) is 11.3. The van der Waals surface area contributed by atoms with Gasteiger partial charge in [-0.2, -0.15) is 0 Å². The predicted molar refractivity (Wildman–Crippen MR) is 76.1 cm³/mol. The first-order valence-electron chi connectivity index (χ1n) is 6.67. The Morgan fingerprint density at radius 1 is 1.06 bits per heavy atom. The molecule has 1 heteroatoms. The van der Waals surface area contributed by atoms with Crippen molar-refractivity contribution in [3.8, 4) is 0 Å². The van der Waals surface area contributed by atoms with Crippen LogP contribution in [0.25, 0.3) is 0 Å². The fourth-order valence-corrected chi connectivity index (χ4v) is 1.92. The van der Waals surface area contributed by atoms with Crippen LogP contribution in [0.5, 0.6) is 0 Å². The predicted octanol–water partition coefficient (Wildman–Crippen LogP) is 4.41. The maximum atomic E-state index is 3.71. The summed E-state index contributed by atoms with van der Waals surface area (Å²) in [5.41, 5.74) is 1.75. The third-order valence-electron chi connectivity index (χ3n) is 2.79. The SMILES string of the molecule is CC(C)CC(NCC(C)(C)C)c1ccccc1. The normalized spacial score (nSPS) is 14.0. The average molecular weight is 233 g/mol. The fourth-order valence-electron chi connectivity index (χ4n) is 1.92. The van der Waals surface area contributed by atoms with Gasteiger partial charge < -0.3 is 5.32 Å². The number of hydrogen-bond donors (Lipinski definition) is 1. The highest BCUT2D eigenvalue weighted by Crippen LogP contribution is 2.22. The van der Waals surface area contributed by atoms with Gasteiger partial charge in [-0.3, -0.25) is 0 Å². The van der Waals surface area contributed by atoms with Gasteiger partial charge in [0.05, 0.1) is 0 Å². The highest BCUT2D eigenvalue weighted by Gasteiger charge is 2.16. The van der Waals surface area contributed by atoms with Gasteiger partial charge in [-0.15, -0.1) is 0 Å². The molecule has 1 aromatic rings. The van der Waals surface area contributed by atoms with E-state index in [0.29, 0.717) is 17.4 Å². The molecule has 1 nitrogen and oxygen atoms in total. The lowest BCUT2D eigenvalue weighted by atomic mass is 9.93. The standard InChI is InChI=1S/C16H27N/c1-13(2)11-15(17-12-16(3,4)5)14-9-7-6-8-10-14/h6-10,13,15,17H,11-12H2,1-5H3. The average Bonchev–Trinajstić information content (AvgIpc) is 2.24. The van der Waals surface area contributed by atoms with Crippen molar-refractivity contribution in [3.05, 3.63) is 35.9 Å². The highest BCUT2D eigenvalue weighted by atomic mass is 14.9. The molecular formula is C16H27N. The summed E-state index contributed by atoms with van der Waals surface area (Å²) in [6.07, 6.45) is 1.19. The van der Waals surface area contributed by atoms with Crippen LogP contribution in [0.4, 0.5) is 0 Å². The Bertz CT molecular complexity index is 308. The molecule has 1 unspecified atom stereocenters. The second kappa shape index (κ2) is 6.20. The molecule has 0 radical (unpaired) electrons. The monoisotopic (exact) mass is 233 g/mol. The molecule has 17 heavy (non-hydrogen) atoms. The maximum Gasteiger partial charge on any atom is 0.0322 e. The van der Waals surface area contributed by atoms with Crippen molar-refractivity contribution in [3.63, 3.8) is 0 Å². The number of hydrogen-bond acceptors (Lipinski definition) is 1. The van der Waals surface area contributed by atoms with E-state index in [0.717, 1.165) is 6.54 Å². The second-order valence-corrected chi connectivity index (χ2v) is 6.53. The minimum absolute atomic E-state index is 0.337. The Hall–Kier alpha value is -0.820. The molecule has 0 amide bonds. The van der Waals surface area contributed by atoms with Gasteiger partial charge in [-0.1, -0.05) is 65.0 Å². The Balaban J connectivity index is 2.68. The molecule has 0 saturated heterocycles. The van der Waals surface area contributed by atoms with Crippen molar-refractivity contribution < 1.29 is 0 Å². The second-order valence-electron chi connectivity index (χ2n) is 6.53. The Morgan fingerprint density at radius 3 is 2.12 bits per heavy atom. The molecule has 0 spiro atoms. The molecule has 1 N–H and O–H groups in total. The molecule has 0 aliphatic carbocycles. The molecular weight excluding hydrogens is 206 g/mol. The van der Waals surface area contributed by atoms with E-state index in [1.165, 1.54) is 12.0 Å². The van der Waals surface area contributed by atoms with E-state index in [2.05, 4.69) is 70.3 Å². The van der Waals surface area contributed by atoms with Crippen LogP contribution in [-0.4, -0.2) is 6.54 Å². The summed E-state index contributed by atoms with van der Waals surface area (Å²) >= 11 is 0. The summed E-state index contributed by atoms with van der Waals surface area (Å²) < 4.78 is 0. The Kier molecular flexibility index (Phi) is 5.20. The van der Waals surface area contributed by atoms with Gasteiger partial charge in [-0.25, -0.2) is 0 Å². The third kappa shape index (κ3) is 5.88. The van der Waals surface area contributed by atoms with Crippen molar-refractivity contribution in [2.45, 2.75) is 47.1 Å². The fraction of sp³-hybridized carbons (Fsp3) is 0.625. The van der Waals surface area contributed by atoms with Crippen molar-refractivity contribution in [1.29, 1.82) is 0 Å². The lowest BCUT2D eigenvalue weighted by Gasteiger charge is -2.26. The number of benzene rings is 1. The van der Waals surface area contributed by atoms with Gasteiger partial charge >= 0.3 is 0 Å². The maximum absolute atomic E-state index is 3.71. The van der Waals surface area contributed by atoms with Crippen LogP contribution >= 0.6 is 0 Å². The largest absolute Gasteiger partial charge is 0.309 e. The van der Waals surface area contributed by atoms with Gasteiger partial charge in [0.1, 0.15) is 0 Å². The van der Waals surface area contributed by atoms with E-state index >= 15 is 0 Å². The van der Waals surface area contributed by atoms with Crippen molar-refractivity contribution in [2.24, 2.45) is 11.3 Å². The van der Waals surface area contributed by atoms with Crippen molar-refractivity contribution in [1.82, 2.24) is 5.32 Å². The zero-order chi connectivity index (χ0) is 12.9. The molecule has 0 aliphatic heterocycles. The van der Waals surface area contributed by atoms with Gasteiger partial charge in [-0.05, 0) is 23.3 Å². The van der Waals surface area contributed by atoms with E-state index in [1.807, 2.05) is 0 Å². The molecule has 0 aliphatic rings. The summed E-state index contributed by atoms with van der Waals surface area (Å²) in [4.78, 5) is 0. The van der Waals surface area contributed by atoms with Gasteiger partial charge in [0.15, 0.2) is 0 Å². The van der Waals surface area contributed by atoms with Crippen LogP contribution in [0.1, 0.15) is 52.6 Å². The quantitative estimate of drug-likeness (QED) is 0.794. The molecule has 0 saturated carbocycles. The first kappa shape index (κ1) is 14.2. The van der Waals surface area contributed by atoms with Crippen LogP contribution < -0.4 is 5.32 Å². The molecule has 0 bridgehead atoms. The molecule has 96 valence electrons. The van der Waals surface area contributed by atoms with E-state index in [1.54, 1.807) is 0 Å². The summed E-state index contributed by atoms with van der Waals surface area (Å²) in [5, 5.41) is 3.71. The minimum Gasteiger partial charge on any atom is -0.309 e. The third-order valence-corrected chi connectivity index (χ3v) is 2.79. The first-order chi connectivity index (χ1) is 7.88. The van der Waals surface area contributed by atoms with Crippen LogP contribution in [0.2, 0.25) is 0 Å². The zero-order valence-electron chi connectivity index (χ0n) is 12.0. The van der Waals surface area contributed by atoms with Gasteiger partial charge in [0.2, 0.25) is 0 Å². The molecule has 1 aromatic carbocycles. The van der Waals surface area contributed by atoms with Crippen molar-refractivity contribution in [2.75, 3.05) is 6.54 Å². The smallest absolute Gasteiger partial charge is 0.0322 e. The van der Waals surface area contributed by atoms with Crippen LogP contribution in [0.3, 0.4) is 0 Å². The molecule has 0 fully saturated rings. The minimum atomic E-state index is 0.337. The van der Waals surface area contributed by atoms with Crippen molar-refractivity contribution >= 4 is 0 Å². The van der Waals surface area contributed by atoms with E-state index in [4.69, 9.17) is 0 Å². The van der Waals surface area contributed by atoms with E-state index < -0.39 is 0 Å². The molecule has 1 rings (SSSR count). The lowest BCUT2D eigenvalue weighted by molar-refractivity contribution is 0.330. The Morgan fingerprint density at radius 2 is 1.65 bits per heavy atom. The summed E-state index contributed by atoms with van der Waals surface area (Å²) in [6.45, 7) is 12.5. The number of rotatable bonds is 5. The first-order valence-corrected chi connectivity index (χ1v) is 6.67. The van der Waals surface area contributed by atoms with E-state index in [-0.39, 0.29) is 0 Å². The van der Waals surface area contributed by atoms with Crippen LogP contribution in [0, 0.1) is 11.3 Å². The zero-order valence-corrected chi connectivity index (χ0v) is 12.0. The number of nitrogens with one attached hydrogen (secondary N) is 1. The van der Waals surface area contributed by atoms with E-state index in [9.17, 15) is 0 Å². The topological polar surface area (TPSA) is 12.0 Å². The van der Waals surface area contributed by atoms with Gasteiger partial charge in [0, 0.05) is 12.6 Å². The highest BCUT2D eigenvalue weighted by molar-refractivity contribution is 5.18. The summed E-state index contributed by atoms with van der Waals surface area (Å²) in [7, 11) is 0. The molecule has 0 aromatic heterocycles. The summed E-state index contributed by atoms with van der Waals surface area (Å²) in [5.74, 6) is 0.715. The van der Waals surface area contributed by atoms with Gasteiger partial charge in [0.25, 0.3) is 0 Å². The molecule has 1 atom stereocenters. The molecule has 0 heterocycles. The lowest BCUT2D eigenvalue weighted by Crippen LogP contribution is -2.31. The van der Waals surface area contributed by atoms with Crippen LogP contribution in [-0.2, 0) is 0 Å².